The number of hydrogen-bond donors (Lipinski definition) is 2. The molecule has 20 heavy (non-hydrogen) atoms. The third kappa shape index (κ3) is 6.09. The van der Waals surface area contributed by atoms with Crippen LogP contribution >= 0.6 is 24.8 Å². The molecule has 2 heterocycles. The topological polar surface area (TPSA) is 68.2 Å². The van der Waals surface area contributed by atoms with Crippen molar-refractivity contribution >= 4 is 30.7 Å². The van der Waals surface area contributed by atoms with Crippen LogP contribution in [0.2, 0.25) is 0 Å². The van der Waals surface area contributed by atoms with Crippen LogP contribution in [-0.2, 0) is 16.1 Å². The van der Waals surface area contributed by atoms with Crippen molar-refractivity contribution in [3.05, 3.63) is 18.7 Å². The van der Waals surface area contributed by atoms with Gasteiger partial charge in [0.25, 0.3) is 0 Å². The van der Waals surface area contributed by atoms with Gasteiger partial charge in [-0.1, -0.05) is 6.92 Å². The van der Waals surface area contributed by atoms with Crippen LogP contribution < -0.4 is 10.6 Å². The maximum Gasteiger partial charge on any atom is 0.250 e. The lowest BCUT2D eigenvalue weighted by Crippen LogP contribution is -2.48. The van der Waals surface area contributed by atoms with E-state index in [1.807, 2.05) is 10.8 Å². The lowest BCUT2D eigenvalue weighted by molar-refractivity contribution is -0.134. The number of aromatic nitrogens is 2. The maximum absolute atomic E-state index is 11.8. The first-order valence-corrected chi connectivity index (χ1v) is 6.31. The van der Waals surface area contributed by atoms with Gasteiger partial charge in [0.15, 0.2) is 0 Å². The van der Waals surface area contributed by atoms with Gasteiger partial charge in [-0.05, 0) is 5.92 Å². The first kappa shape index (κ1) is 19.2. The lowest BCUT2D eigenvalue weighted by Gasteiger charge is -2.23. The fourth-order valence-electron chi connectivity index (χ4n) is 1.94. The molecule has 0 saturated carbocycles. The van der Waals surface area contributed by atoms with Gasteiger partial charge in [0.05, 0.1) is 12.9 Å². The van der Waals surface area contributed by atoms with Crippen LogP contribution in [0.15, 0.2) is 18.7 Å². The normalized spacial score (nSPS) is 19.4. The van der Waals surface area contributed by atoms with Gasteiger partial charge in [-0.3, -0.25) is 4.79 Å². The Morgan fingerprint density at radius 1 is 1.60 bits per heavy atom. The molecule has 0 radical (unpaired) electrons. The molecule has 1 aromatic heterocycles. The first-order chi connectivity index (χ1) is 8.75. The average Bonchev–Trinajstić information content (AvgIpc) is 2.90. The predicted molar refractivity (Wildman–Crippen MR) is 81.5 cm³/mol. The van der Waals surface area contributed by atoms with E-state index in [0.29, 0.717) is 25.6 Å². The second kappa shape index (κ2) is 9.99. The van der Waals surface area contributed by atoms with Crippen LogP contribution in [0.5, 0.6) is 0 Å². The second-order valence-electron chi connectivity index (χ2n) is 4.67. The molecule has 2 rings (SSSR count). The molecule has 2 atom stereocenters. The van der Waals surface area contributed by atoms with E-state index in [9.17, 15) is 4.79 Å². The molecule has 0 bridgehead atoms. The van der Waals surface area contributed by atoms with Crippen LogP contribution in [0.25, 0.3) is 0 Å². The highest BCUT2D eigenvalue weighted by Gasteiger charge is 2.21. The summed E-state index contributed by atoms with van der Waals surface area (Å²) in [7, 11) is 0. The van der Waals surface area contributed by atoms with Crippen LogP contribution in [0.4, 0.5) is 0 Å². The van der Waals surface area contributed by atoms with Gasteiger partial charge in [-0.25, -0.2) is 4.98 Å². The third-order valence-electron chi connectivity index (χ3n) is 2.93. The smallest absolute Gasteiger partial charge is 0.250 e. The standard InChI is InChI=1S/C12H20N4O2.2ClH/c1-10(8-16-4-2-14-9-16)6-15-12(17)11-7-13-3-5-18-11;;/h2,4,9-11,13H,3,5-8H2,1H3,(H,15,17);2*1H. The van der Waals surface area contributed by atoms with Crippen LogP contribution in [0.1, 0.15) is 6.92 Å². The summed E-state index contributed by atoms with van der Waals surface area (Å²) < 4.78 is 7.40. The van der Waals surface area contributed by atoms with Crippen molar-refractivity contribution in [3.63, 3.8) is 0 Å². The highest BCUT2D eigenvalue weighted by Crippen LogP contribution is 2.00. The van der Waals surface area contributed by atoms with Crippen molar-refractivity contribution < 1.29 is 9.53 Å². The van der Waals surface area contributed by atoms with Gasteiger partial charge in [0.1, 0.15) is 6.10 Å². The fourth-order valence-corrected chi connectivity index (χ4v) is 1.94. The number of carbonyl (C=O) groups excluding carboxylic acids is 1. The Hall–Kier alpha value is -0.820. The summed E-state index contributed by atoms with van der Waals surface area (Å²) in [5.41, 5.74) is 0. The number of amides is 1. The van der Waals surface area contributed by atoms with Crippen molar-refractivity contribution in [2.45, 2.75) is 19.6 Å². The summed E-state index contributed by atoms with van der Waals surface area (Å²) in [6, 6.07) is 0. The van der Waals surface area contributed by atoms with Crippen LogP contribution in [0, 0.1) is 5.92 Å². The molecule has 1 amide bonds. The number of ether oxygens (including phenoxy) is 1. The summed E-state index contributed by atoms with van der Waals surface area (Å²) in [6.07, 6.45) is 5.12. The molecule has 1 aliphatic rings. The minimum atomic E-state index is -0.348. The molecule has 2 N–H and O–H groups in total. The Morgan fingerprint density at radius 2 is 2.40 bits per heavy atom. The molecule has 1 aliphatic heterocycles. The molecule has 1 fully saturated rings. The zero-order valence-electron chi connectivity index (χ0n) is 11.4. The van der Waals surface area contributed by atoms with Crippen LogP contribution in [-0.4, -0.2) is 47.8 Å². The average molecular weight is 325 g/mol. The molecule has 6 nitrogen and oxygen atoms in total. The minimum absolute atomic E-state index is 0. The number of carbonyl (C=O) groups is 1. The number of halogens is 2. The summed E-state index contributed by atoms with van der Waals surface area (Å²) >= 11 is 0. The molecule has 0 spiro atoms. The van der Waals surface area contributed by atoms with Gasteiger partial charge in [0.2, 0.25) is 5.91 Å². The van der Waals surface area contributed by atoms with Gasteiger partial charge in [-0.2, -0.15) is 0 Å². The molecule has 2 unspecified atom stereocenters. The summed E-state index contributed by atoms with van der Waals surface area (Å²) in [4.78, 5) is 15.8. The molecular weight excluding hydrogens is 303 g/mol. The van der Waals surface area contributed by atoms with E-state index >= 15 is 0 Å². The lowest BCUT2D eigenvalue weighted by atomic mass is 10.1. The highest BCUT2D eigenvalue weighted by atomic mass is 35.5. The van der Waals surface area contributed by atoms with Crippen LogP contribution in [0.3, 0.4) is 0 Å². The summed E-state index contributed by atoms with van der Waals surface area (Å²) in [5, 5.41) is 6.07. The van der Waals surface area contributed by atoms with Crippen molar-refractivity contribution in [1.82, 2.24) is 20.2 Å². The SMILES string of the molecule is CC(CNC(=O)C1CNCCO1)Cn1ccnc1.Cl.Cl. The fraction of sp³-hybridized carbons (Fsp3) is 0.667. The van der Waals surface area contributed by atoms with E-state index in [1.54, 1.807) is 12.5 Å². The highest BCUT2D eigenvalue weighted by molar-refractivity contribution is 5.85. The molecule has 8 heteroatoms. The van der Waals surface area contributed by atoms with E-state index in [0.717, 1.165) is 13.1 Å². The Labute approximate surface area is 131 Å². The number of morpholine rings is 1. The number of rotatable bonds is 5. The minimum Gasteiger partial charge on any atom is -0.366 e. The molecule has 116 valence electrons. The van der Waals surface area contributed by atoms with E-state index in [-0.39, 0.29) is 36.8 Å². The van der Waals surface area contributed by atoms with E-state index < -0.39 is 0 Å². The molecule has 1 saturated heterocycles. The van der Waals surface area contributed by atoms with Gasteiger partial charge >= 0.3 is 0 Å². The zero-order valence-corrected chi connectivity index (χ0v) is 13.1. The molecule has 1 aromatic rings. The van der Waals surface area contributed by atoms with Gasteiger partial charge < -0.3 is 19.9 Å². The number of hydrogen-bond acceptors (Lipinski definition) is 4. The van der Waals surface area contributed by atoms with E-state index in [2.05, 4.69) is 22.5 Å². The largest absolute Gasteiger partial charge is 0.366 e. The van der Waals surface area contributed by atoms with E-state index in [4.69, 9.17) is 4.74 Å². The Balaban J connectivity index is 0.00000180. The maximum atomic E-state index is 11.8. The predicted octanol–water partition coefficient (Wildman–Crippen LogP) is 0.467. The van der Waals surface area contributed by atoms with Crippen molar-refractivity contribution in [2.24, 2.45) is 5.92 Å². The zero-order chi connectivity index (χ0) is 12.8. The second-order valence-corrected chi connectivity index (χ2v) is 4.67. The van der Waals surface area contributed by atoms with E-state index in [1.165, 1.54) is 0 Å². The summed E-state index contributed by atoms with van der Waals surface area (Å²) in [6.45, 7) is 5.62. The first-order valence-electron chi connectivity index (χ1n) is 6.31. The molecule has 0 aliphatic carbocycles. The molecular formula is C12H22Cl2N4O2. The van der Waals surface area contributed by atoms with Gasteiger partial charge in [-0.15, -0.1) is 24.8 Å². The number of nitrogens with zero attached hydrogens (tertiary/aromatic N) is 2. The Bertz CT molecular complexity index is 370. The monoisotopic (exact) mass is 324 g/mol. The Morgan fingerprint density at radius 3 is 3.00 bits per heavy atom. The third-order valence-corrected chi connectivity index (χ3v) is 2.93. The van der Waals surface area contributed by atoms with Crippen molar-refractivity contribution in [1.29, 1.82) is 0 Å². The quantitative estimate of drug-likeness (QED) is 0.826. The van der Waals surface area contributed by atoms with Crippen molar-refractivity contribution in [3.8, 4) is 0 Å². The Kier molecular flexibility index (Phi) is 9.58. The summed E-state index contributed by atoms with van der Waals surface area (Å²) in [5.74, 6) is 0.333. The van der Waals surface area contributed by atoms with Gasteiger partial charge in [0, 0.05) is 38.6 Å². The van der Waals surface area contributed by atoms with Crippen molar-refractivity contribution in [2.75, 3.05) is 26.2 Å². The molecule has 0 aromatic carbocycles. The number of imidazole rings is 1. The number of nitrogens with one attached hydrogen (secondary N) is 2.